The number of hydrogen-bond donors (Lipinski definition) is 1. The molecule has 1 heterocycles. The minimum Gasteiger partial charge on any atom is -0.307 e. The number of aryl methyl sites for hydroxylation is 2. The largest absolute Gasteiger partial charge is 0.332 e. The number of carbonyl (C=O) groups is 1. The molecule has 1 atom stereocenters. The number of urea groups is 1. The topological polar surface area (TPSA) is 44.7 Å². The summed E-state index contributed by atoms with van der Waals surface area (Å²) in [5.41, 5.74) is 3.65. The van der Waals surface area contributed by atoms with Crippen molar-refractivity contribution in [1.82, 2.24) is 0 Å². The van der Waals surface area contributed by atoms with Crippen LogP contribution in [-0.4, -0.2) is 23.0 Å². The third-order valence-electron chi connectivity index (χ3n) is 4.10. The molecule has 7 heteroatoms. The second kappa shape index (κ2) is 7.91. The lowest BCUT2D eigenvalue weighted by atomic mass is 10.1. The van der Waals surface area contributed by atoms with Crippen molar-refractivity contribution in [3.8, 4) is 0 Å². The van der Waals surface area contributed by atoms with Crippen molar-refractivity contribution >= 4 is 57.5 Å². The number of nitrogens with one attached hydrogen (secondary N) is 1. The molecule has 0 spiro atoms. The normalized spacial score (nSPS) is 16.3. The fourth-order valence-corrected chi connectivity index (χ4v) is 3.77. The van der Waals surface area contributed by atoms with Crippen LogP contribution in [-0.2, 0) is 0 Å². The van der Waals surface area contributed by atoms with Crippen LogP contribution in [0.1, 0.15) is 18.1 Å². The zero-order valence-corrected chi connectivity index (χ0v) is 17.0. The predicted octanol–water partition coefficient (Wildman–Crippen LogP) is 6.14. The van der Waals surface area contributed by atoms with Gasteiger partial charge >= 0.3 is 6.03 Å². The number of nitrogens with zero attached hydrogens (tertiary/aromatic N) is 2. The molecule has 0 unspecified atom stereocenters. The van der Waals surface area contributed by atoms with Crippen LogP contribution in [0.3, 0.4) is 0 Å². The van der Waals surface area contributed by atoms with E-state index in [-0.39, 0.29) is 6.03 Å². The Morgan fingerprint density at radius 3 is 2.54 bits per heavy atom. The van der Waals surface area contributed by atoms with Crippen LogP contribution in [0.25, 0.3) is 0 Å². The monoisotopic (exact) mass is 407 g/mol. The number of carbonyl (C=O) groups excluding carboxylic acids is 1. The average molecular weight is 408 g/mol. The van der Waals surface area contributed by atoms with E-state index in [4.69, 9.17) is 23.2 Å². The van der Waals surface area contributed by atoms with E-state index in [0.29, 0.717) is 32.7 Å². The van der Waals surface area contributed by atoms with Crippen molar-refractivity contribution in [3.63, 3.8) is 0 Å². The quantitative estimate of drug-likeness (QED) is 0.649. The molecule has 136 valence electrons. The highest BCUT2D eigenvalue weighted by Gasteiger charge is 2.27. The molecular weight excluding hydrogens is 389 g/mol. The molecule has 2 amide bonds. The highest BCUT2D eigenvalue weighted by molar-refractivity contribution is 8.15. The Bertz CT molecular complexity index is 885. The maximum Gasteiger partial charge on any atom is 0.332 e. The molecule has 2 aromatic rings. The molecule has 1 aliphatic rings. The van der Waals surface area contributed by atoms with E-state index in [9.17, 15) is 4.79 Å². The Labute approximate surface area is 167 Å². The van der Waals surface area contributed by atoms with Crippen LogP contribution in [0, 0.1) is 13.8 Å². The number of rotatable bonds is 2. The first-order valence-corrected chi connectivity index (χ1v) is 9.83. The number of anilines is 2. The summed E-state index contributed by atoms with van der Waals surface area (Å²) in [6, 6.07) is 10.7. The highest BCUT2D eigenvalue weighted by atomic mass is 35.5. The molecule has 0 aliphatic carbocycles. The molecular formula is C19H19Cl2N3OS. The fourth-order valence-electron chi connectivity index (χ4n) is 2.52. The molecule has 1 aliphatic heterocycles. The second-order valence-corrected chi connectivity index (χ2v) is 8.43. The summed E-state index contributed by atoms with van der Waals surface area (Å²) >= 11 is 13.6. The standard InChI is InChI=1S/C19H19Cl2N3OS/c1-11-4-6-15(8-12(11)2)24(19-22-10-13(3)26-19)18(25)23-14-5-7-16(20)17(21)9-14/h4-9,13H,10H2,1-3H3,(H,23,25)/t13-/m1/s1. The van der Waals surface area contributed by atoms with Gasteiger partial charge in [0, 0.05) is 10.9 Å². The van der Waals surface area contributed by atoms with Gasteiger partial charge in [-0.15, -0.1) is 0 Å². The van der Waals surface area contributed by atoms with E-state index in [1.54, 1.807) is 34.9 Å². The van der Waals surface area contributed by atoms with Gasteiger partial charge in [0.15, 0.2) is 5.17 Å². The first-order valence-electron chi connectivity index (χ1n) is 8.19. The van der Waals surface area contributed by atoms with Crippen molar-refractivity contribution in [2.24, 2.45) is 4.99 Å². The average Bonchev–Trinajstić information content (AvgIpc) is 3.00. The molecule has 0 saturated heterocycles. The van der Waals surface area contributed by atoms with E-state index in [1.807, 2.05) is 32.0 Å². The number of hydrogen-bond acceptors (Lipinski definition) is 3. The van der Waals surface area contributed by atoms with Crippen LogP contribution in [0.2, 0.25) is 10.0 Å². The van der Waals surface area contributed by atoms with Crippen molar-refractivity contribution in [2.75, 3.05) is 16.8 Å². The molecule has 4 nitrogen and oxygen atoms in total. The minimum atomic E-state index is -0.285. The Morgan fingerprint density at radius 2 is 1.92 bits per heavy atom. The number of amidine groups is 1. The van der Waals surface area contributed by atoms with Gasteiger partial charge in [-0.3, -0.25) is 4.99 Å². The SMILES string of the molecule is Cc1ccc(N(C(=O)Nc2ccc(Cl)c(Cl)c2)C2=NC[C@@H](C)S2)cc1C. The summed E-state index contributed by atoms with van der Waals surface area (Å²) < 4.78 is 0. The first-order chi connectivity index (χ1) is 12.3. The summed E-state index contributed by atoms with van der Waals surface area (Å²) in [4.78, 5) is 19.2. The minimum absolute atomic E-state index is 0.285. The number of aliphatic imine (C=N–C) groups is 1. The van der Waals surface area contributed by atoms with E-state index < -0.39 is 0 Å². The van der Waals surface area contributed by atoms with Gasteiger partial charge in [-0.1, -0.05) is 48.0 Å². The van der Waals surface area contributed by atoms with Crippen molar-refractivity contribution in [2.45, 2.75) is 26.0 Å². The first kappa shape index (κ1) is 19.1. The van der Waals surface area contributed by atoms with E-state index in [0.717, 1.165) is 11.3 Å². The molecule has 1 N–H and O–H groups in total. The van der Waals surface area contributed by atoms with E-state index in [2.05, 4.69) is 17.2 Å². The second-order valence-electron chi connectivity index (χ2n) is 6.21. The van der Waals surface area contributed by atoms with E-state index in [1.165, 1.54) is 5.56 Å². The van der Waals surface area contributed by atoms with Gasteiger partial charge in [-0.25, -0.2) is 9.69 Å². The van der Waals surface area contributed by atoms with Crippen molar-refractivity contribution < 1.29 is 4.79 Å². The molecule has 0 aromatic heterocycles. The van der Waals surface area contributed by atoms with Gasteiger partial charge in [0.2, 0.25) is 0 Å². The van der Waals surface area contributed by atoms with Crippen LogP contribution in [0.5, 0.6) is 0 Å². The lowest BCUT2D eigenvalue weighted by Crippen LogP contribution is -2.38. The predicted molar refractivity (Wildman–Crippen MR) is 113 cm³/mol. The summed E-state index contributed by atoms with van der Waals surface area (Å²) in [6.07, 6.45) is 0. The summed E-state index contributed by atoms with van der Waals surface area (Å²) in [5, 5.41) is 4.76. The smallest absolute Gasteiger partial charge is 0.307 e. The van der Waals surface area contributed by atoms with Crippen LogP contribution in [0.15, 0.2) is 41.4 Å². The molecule has 0 bridgehead atoms. The summed E-state index contributed by atoms with van der Waals surface area (Å²) in [7, 11) is 0. The molecule has 3 rings (SSSR count). The molecule has 0 fully saturated rings. The Balaban J connectivity index is 1.93. The molecule has 0 saturated carbocycles. The number of benzene rings is 2. The highest BCUT2D eigenvalue weighted by Crippen LogP contribution is 2.30. The van der Waals surface area contributed by atoms with Crippen molar-refractivity contribution in [3.05, 3.63) is 57.6 Å². The maximum absolute atomic E-state index is 13.0. The summed E-state index contributed by atoms with van der Waals surface area (Å²) in [6.45, 7) is 6.86. The Hall–Kier alpha value is -1.69. The number of halogens is 2. The van der Waals surface area contributed by atoms with Gasteiger partial charge in [0.25, 0.3) is 0 Å². The molecule has 26 heavy (non-hydrogen) atoms. The van der Waals surface area contributed by atoms with Crippen LogP contribution >= 0.6 is 35.0 Å². The maximum atomic E-state index is 13.0. The zero-order valence-electron chi connectivity index (χ0n) is 14.7. The lowest BCUT2D eigenvalue weighted by Gasteiger charge is -2.23. The van der Waals surface area contributed by atoms with Gasteiger partial charge in [-0.2, -0.15) is 0 Å². The van der Waals surface area contributed by atoms with Gasteiger partial charge in [0.05, 0.1) is 22.3 Å². The van der Waals surface area contributed by atoms with Gasteiger partial charge < -0.3 is 5.32 Å². The molecule has 0 radical (unpaired) electrons. The lowest BCUT2D eigenvalue weighted by molar-refractivity contribution is 0.259. The number of amides is 2. The Morgan fingerprint density at radius 1 is 1.15 bits per heavy atom. The van der Waals surface area contributed by atoms with E-state index >= 15 is 0 Å². The summed E-state index contributed by atoms with van der Waals surface area (Å²) in [5.74, 6) is 0. The third-order valence-corrected chi connectivity index (χ3v) is 5.92. The van der Waals surface area contributed by atoms with Gasteiger partial charge in [0.1, 0.15) is 0 Å². The third kappa shape index (κ3) is 4.17. The van der Waals surface area contributed by atoms with Gasteiger partial charge in [-0.05, 0) is 55.3 Å². The zero-order chi connectivity index (χ0) is 18.8. The van der Waals surface area contributed by atoms with Crippen LogP contribution < -0.4 is 10.2 Å². The fraction of sp³-hybridized carbons (Fsp3) is 0.263. The Kier molecular flexibility index (Phi) is 5.80. The van der Waals surface area contributed by atoms with Crippen LogP contribution in [0.4, 0.5) is 16.2 Å². The molecule has 2 aromatic carbocycles. The number of thioether (sulfide) groups is 1. The van der Waals surface area contributed by atoms with Crippen molar-refractivity contribution in [1.29, 1.82) is 0 Å².